The first-order valence-electron chi connectivity index (χ1n) is 30.7. The summed E-state index contributed by atoms with van der Waals surface area (Å²) >= 11 is 0. The molecule has 0 aromatic rings. The quantitative estimate of drug-likeness (QED) is 0.0205. The summed E-state index contributed by atoms with van der Waals surface area (Å²) in [5.74, 6) is -0.563. The van der Waals surface area contributed by atoms with E-state index in [1.807, 2.05) is 33.3 Å². The van der Waals surface area contributed by atoms with Crippen LogP contribution in [0.5, 0.6) is 0 Å². The lowest BCUT2D eigenvalue weighted by atomic mass is 10.0. The van der Waals surface area contributed by atoms with E-state index in [-0.39, 0.29) is 37.9 Å². The highest BCUT2D eigenvalue weighted by molar-refractivity contribution is 7.47. The molecular formula is C66H116N2O7P+. The van der Waals surface area contributed by atoms with E-state index < -0.39 is 20.0 Å². The van der Waals surface area contributed by atoms with Crippen LogP contribution in [-0.4, -0.2) is 74.3 Å². The van der Waals surface area contributed by atoms with Crippen molar-refractivity contribution in [3.05, 3.63) is 109 Å². The molecule has 76 heavy (non-hydrogen) atoms. The number of nitrogens with one attached hydrogen (secondary N) is 1. The minimum Gasteiger partial charge on any atom is -0.456 e. The number of nitrogens with zero attached hydrogens (tertiary/aromatic N) is 1. The predicted molar refractivity (Wildman–Crippen MR) is 327 cm³/mol. The SMILES string of the molecule is CC/C=C\C/C=C\C/C=C\C/C=C\C/C=C\CCCCCC(=O)NC(COP(=O)(O)OCC[N+](C)(C)C)C(/C=C/CCCCCCCCCCCC)OC(=O)CCCCCCCC/C=C\C/C=C\C/C=C\CCCCC. The molecule has 9 nitrogen and oxygen atoms in total. The molecule has 1 amide bonds. The zero-order valence-electron chi connectivity index (χ0n) is 49.7. The van der Waals surface area contributed by atoms with E-state index in [1.165, 1.54) is 83.5 Å². The standard InChI is InChI=1S/C66H115N2O7P/c1-7-10-13-16-19-22-25-28-30-32-34-36-38-40-43-46-49-52-55-58-65(69)67-63(62-74-76(71,72)73-61-60-68(4,5)6)64(57-54-51-48-45-42-27-24-21-18-15-12-9-3)75-66(70)59-56-53-50-47-44-41-39-37-35-33-31-29-26-23-20-17-14-11-8-2/h10,13,19-20,22-23,28-31,34-37,40,43,54,57,63-64H,7-9,11-12,14-18,21,24-27,32-33,38-39,41-42,44-53,55-56,58-62H2,1-6H3,(H-,67,69,71,72)/p+1/b13-10-,22-19-,23-20-,30-28-,31-29-,36-34-,37-35-,43-40-,57-54+. The first-order chi connectivity index (χ1) is 36.9. The van der Waals surface area contributed by atoms with Crippen LogP contribution in [0.4, 0.5) is 0 Å². The Labute approximate surface area is 468 Å². The van der Waals surface area contributed by atoms with Crippen LogP contribution in [0.3, 0.4) is 0 Å². The second-order valence-electron chi connectivity index (χ2n) is 21.5. The molecular weight excluding hydrogens is 964 g/mol. The molecule has 0 aromatic heterocycles. The van der Waals surface area contributed by atoms with Gasteiger partial charge in [0.05, 0.1) is 33.8 Å². The number of carbonyl (C=O) groups is 2. The van der Waals surface area contributed by atoms with Crippen molar-refractivity contribution < 1.29 is 37.3 Å². The van der Waals surface area contributed by atoms with Crippen LogP contribution < -0.4 is 5.32 Å². The molecule has 0 saturated heterocycles. The lowest BCUT2D eigenvalue weighted by Crippen LogP contribution is -2.47. The zero-order chi connectivity index (χ0) is 55.7. The Bertz CT molecular complexity index is 1670. The molecule has 3 atom stereocenters. The summed E-state index contributed by atoms with van der Waals surface area (Å²) in [5.41, 5.74) is 0. The number of unbranched alkanes of at least 4 members (excludes halogenated alkanes) is 22. The van der Waals surface area contributed by atoms with Gasteiger partial charge in [-0.2, -0.15) is 0 Å². The summed E-state index contributed by atoms with van der Waals surface area (Å²) in [6, 6.07) is -0.878. The van der Waals surface area contributed by atoms with Gasteiger partial charge in [0.2, 0.25) is 5.91 Å². The molecule has 2 N–H and O–H groups in total. The number of phosphoric acid groups is 1. The van der Waals surface area contributed by atoms with Crippen molar-refractivity contribution in [1.29, 1.82) is 0 Å². The normalized spacial score (nSPS) is 14.5. The molecule has 0 spiro atoms. The highest BCUT2D eigenvalue weighted by atomic mass is 31.2. The zero-order valence-corrected chi connectivity index (χ0v) is 50.6. The van der Waals surface area contributed by atoms with Gasteiger partial charge >= 0.3 is 13.8 Å². The molecule has 10 heteroatoms. The number of amides is 1. The minimum atomic E-state index is -4.47. The van der Waals surface area contributed by atoms with Crippen LogP contribution >= 0.6 is 7.82 Å². The summed E-state index contributed by atoms with van der Waals surface area (Å²) in [6.45, 7) is 6.82. The molecule has 436 valence electrons. The topological polar surface area (TPSA) is 111 Å². The lowest BCUT2D eigenvalue weighted by Gasteiger charge is -2.27. The van der Waals surface area contributed by atoms with Crippen molar-refractivity contribution in [2.75, 3.05) is 40.9 Å². The fraction of sp³-hybridized carbons (Fsp3) is 0.697. The average Bonchev–Trinajstić information content (AvgIpc) is 3.38. The van der Waals surface area contributed by atoms with E-state index in [9.17, 15) is 19.0 Å². The lowest BCUT2D eigenvalue weighted by molar-refractivity contribution is -0.870. The number of rotatable bonds is 54. The Kier molecular flexibility index (Phi) is 52.6. The van der Waals surface area contributed by atoms with Crippen LogP contribution in [0.15, 0.2) is 109 Å². The molecule has 0 aliphatic carbocycles. The van der Waals surface area contributed by atoms with Gasteiger partial charge in [-0.25, -0.2) is 4.57 Å². The Hall–Kier alpha value is -3.33. The number of carbonyl (C=O) groups excluding carboxylic acids is 2. The second-order valence-corrected chi connectivity index (χ2v) is 22.9. The monoisotopic (exact) mass is 1080 g/mol. The Balaban J connectivity index is 5.37. The number of likely N-dealkylation sites (N-methyl/N-ethyl adjacent to an activating group) is 1. The molecule has 0 saturated carbocycles. The number of hydrogen-bond acceptors (Lipinski definition) is 6. The summed E-state index contributed by atoms with van der Waals surface area (Å²) < 4.78 is 30.7. The van der Waals surface area contributed by atoms with Crippen molar-refractivity contribution in [1.82, 2.24) is 5.32 Å². The highest BCUT2D eigenvalue weighted by Gasteiger charge is 2.30. The van der Waals surface area contributed by atoms with Gasteiger partial charge in [-0.05, 0) is 115 Å². The summed E-state index contributed by atoms with van der Waals surface area (Å²) in [7, 11) is 1.45. The third-order valence-corrected chi connectivity index (χ3v) is 13.9. The fourth-order valence-corrected chi connectivity index (χ4v) is 8.94. The van der Waals surface area contributed by atoms with E-state index in [0.717, 1.165) is 116 Å². The summed E-state index contributed by atoms with van der Waals surface area (Å²) in [5, 5.41) is 3.03. The van der Waals surface area contributed by atoms with Gasteiger partial charge < -0.3 is 19.4 Å². The number of hydrogen-bond donors (Lipinski definition) is 2. The number of esters is 1. The van der Waals surface area contributed by atoms with Gasteiger partial charge in [-0.1, -0.05) is 227 Å². The summed E-state index contributed by atoms with van der Waals surface area (Å²) in [4.78, 5) is 37.7. The van der Waals surface area contributed by atoms with E-state index in [4.69, 9.17) is 13.8 Å². The largest absolute Gasteiger partial charge is 0.472 e. The van der Waals surface area contributed by atoms with Crippen molar-refractivity contribution in [2.45, 2.75) is 258 Å². The first kappa shape index (κ1) is 72.7. The van der Waals surface area contributed by atoms with Gasteiger partial charge in [-0.15, -0.1) is 0 Å². The number of allylic oxidation sites excluding steroid dienone is 17. The molecule has 0 aromatic carbocycles. The molecule has 0 aliphatic heterocycles. The average molecular weight is 1080 g/mol. The van der Waals surface area contributed by atoms with E-state index in [2.05, 4.69) is 123 Å². The minimum absolute atomic E-state index is 0.0255. The van der Waals surface area contributed by atoms with Gasteiger partial charge in [0, 0.05) is 12.8 Å². The molecule has 0 rings (SSSR count). The van der Waals surface area contributed by atoms with Crippen molar-refractivity contribution in [3.63, 3.8) is 0 Å². The third kappa shape index (κ3) is 55.4. The van der Waals surface area contributed by atoms with Crippen LogP contribution in [0, 0.1) is 0 Å². The Morgan fingerprint density at radius 1 is 0.474 bits per heavy atom. The van der Waals surface area contributed by atoms with Gasteiger partial charge in [0.25, 0.3) is 0 Å². The van der Waals surface area contributed by atoms with Crippen LogP contribution in [0.2, 0.25) is 0 Å². The maximum Gasteiger partial charge on any atom is 0.472 e. The van der Waals surface area contributed by atoms with Gasteiger partial charge in [0.1, 0.15) is 19.3 Å². The van der Waals surface area contributed by atoms with Crippen LogP contribution in [0.25, 0.3) is 0 Å². The summed E-state index contributed by atoms with van der Waals surface area (Å²) in [6.07, 6.45) is 75.1. The van der Waals surface area contributed by atoms with E-state index in [0.29, 0.717) is 23.9 Å². The molecule has 0 fully saturated rings. The van der Waals surface area contributed by atoms with Crippen molar-refractivity contribution >= 4 is 19.7 Å². The third-order valence-electron chi connectivity index (χ3n) is 12.9. The van der Waals surface area contributed by atoms with Gasteiger partial charge in [-0.3, -0.25) is 18.6 Å². The maximum atomic E-state index is 13.5. The van der Waals surface area contributed by atoms with Gasteiger partial charge in [0.15, 0.2) is 0 Å². The Morgan fingerprint density at radius 3 is 1.30 bits per heavy atom. The van der Waals surface area contributed by atoms with E-state index >= 15 is 0 Å². The molecule has 0 radical (unpaired) electrons. The maximum absolute atomic E-state index is 13.5. The molecule has 3 unspecified atom stereocenters. The number of phosphoric ester groups is 1. The molecule has 0 bridgehead atoms. The smallest absolute Gasteiger partial charge is 0.456 e. The first-order valence-corrected chi connectivity index (χ1v) is 32.2. The molecule has 0 aliphatic rings. The van der Waals surface area contributed by atoms with Crippen molar-refractivity contribution in [2.24, 2.45) is 0 Å². The van der Waals surface area contributed by atoms with Crippen molar-refractivity contribution in [3.8, 4) is 0 Å². The van der Waals surface area contributed by atoms with E-state index in [1.54, 1.807) is 0 Å². The second kappa shape index (κ2) is 55.0. The fourth-order valence-electron chi connectivity index (χ4n) is 8.21. The molecule has 0 heterocycles. The Morgan fingerprint density at radius 2 is 0.842 bits per heavy atom. The number of ether oxygens (including phenoxy) is 1. The number of quaternary nitrogens is 1. The highest BCUT2D eigenvalue weighted by Crippen LogP contribution is 2.43. The predicted octanol–water partition coefficient (Wildman–Crippen LogP) is 18.9. The van der Waals surface area contributed by atoms with Crippen LogP contribution in [-0.2, 0) is 27.9 Å². The van der Waals surface area contributed by atoms with Crippen LogP contribution in [0.1, 0.15) is 245 Å².